The van der Waals surface area contributed by atoms with E-state index in [4.69, 9.17) is 10.5 Å². The second-order valence-electron chi connectivity index (χ2n) is 11.2. The van der Waals surface area contributed by atoms with Gasteiger partial charge in [-0.2, -0.15) is 0 Å². The van der Waals surface area contributed by atoms with Crippen molar-refractivity contribution < 1.29 is 9.84 Å². The van der Waals surface area contributed by atoms with Crippen molar-refractivity contribution in [2.75, 3.05) is 0 Å². The molecule has 3 N–H and O–H groups in total. The van der Waals surface area contributed by atoms with Crippen LogP contribution in [0.4, 0.5) is 0 Å². The fourth-order valence-corrected chi connectivity index (χ4v) is 8.42. The van der Waals surface area contributed by atoms with E-state index in [0.717, 1.165) is 12.8 Å². The summed E-state index contributed by atoms with van der Waals surface area (Å²) in [5.41, 5.74) is 9.41. The summed E-state index contributed by atoms with van der Waals surface area (Å²) in [4.78, 5) is 0. The van der Waals surface area contributed by atoms with Gasteiger partial charge in [-0.3, -0.25) is 0 Å². The smallest absolute Gasteiger partial charge is 0.115 e. The zero-order valence-electron chi connectivity index (χ0n) is 18.2. The van der Waals surface area contributed by atoms with Crippen molar-refractivity contribution in [3.05, 3.63) is 29.3 Å². The first-order valence-electron chi connectivity index (χ1n) is 12.2. The quantitative estimate of drug-likeness (QED) is 0.621. The fourth-order valence-electron chi connectivity index (χ4n) is 8.42. The van der Waals surface area contributed by atoms with Gasteiger partial charge in [0.15, 0.2) is 0 Å². The van der Waals surface area contributed by atoms with Gasteiger partial charge in [-0.1, -0.05) is 37.2 Å². The SMILES string of the molecule is C[C@]12CCC[C@H]3C[C@@]4(O1)[C@H]1CCC[C@H](Cc5ccc(O)cc5CC#C[C@H]4[C@@H](N)[C@@H]32)C1. The first kappa shape index (κ1) is 19.2. The van der Waals surface area contributed by atoms with Crippen LogP contribution >= 0.6 is 0 Å². The number of phenols is 1. The van der Waals surface area contributed by atoms with Crippen LogP contribution in [0.2, 0.25) is 0 Å². The second-order valence-corrected chi connectivity index (χ2v) is 11.2. The van der Waals surface area contributed by atoms with Crippen molar-refractivity contribution in [1.82, 2.24) is 0 Å². The molecule has 2 aliphatic heterocycles. The number of fused-ring (bicyclic) bond motifs is 3. The van der Waals surface area contributed by atoms with E-state index in [1.165, 1.54) is 56.1 Å². The molecule has 1 spiro atoms. The third-order valence-corrected chi connectivity index (χ3v) is 9.50. The van der Waals surface area contributed by atoms with Crippen LogP contribution in [-0.4, -0.2) is 22.4 Å². The van der Waals surface area contributed by atoms with Crippen LogP contribution in [0.1, 0.15) is 69.4 Å². The largest absolute Gasteiger partial charge is 0.508 e. The van der Waals surface area contributed by atoms with E-state index >= 15 is 0 Å². The topological polar surface area (TPSA) is 55.5 Å². The molecule has 2 heterocycles. The lowest BCUT2D eigenvalue weighted by molar-refractivity contribution is -0.321. The molecule has 3 heteroatoms. The van der Waals surface area contributed by atoms with Crippen LogP contribution in [0, 0.1) is 41.4 Å². The van der Waals surface area contributed by atoms with E-state index < -0.39 is 0 Å². The minimum atomic E-state index is -0.154. The number of hydrogen-bond acceptors (Lipinski definition) is 3. The molecular weight excluding hydrogens is 370 g/mol. The van der Waals surface area contributed by atoms with Crippen molar-refractivity contribution in [2.24, 2.45) is 35.3 Å². The van der Waals surface area contributed by atoms with E-state index in [1.54, 1.807) is 0 Å². The summed E-state index contributed by atoms with van der Waals surface area (Å²) in [5, 5.41) is 10.1. The van der Waals surface area contributed by atoms with Crippen LogP contribution < -0.4 is 5.73 Å². The lowest BCUT2D eigenvalue weighted by atomic mass is 9.48. The van der Waals surface area contributed by atoms with Gasteiger partial charge < -0.3 is 15.6 Å². The number of nitrogens with two attached hydrogens (primary N) is 1. The standard InChI is InChI=1S/C27H35NO2/c1-26-12-4-7-20-16-27(30-26)21-8-2-5-17(14-21)13-19-10-11-22(29)15-18(19)6-3-9-23(27)25(28)24(20)26/h10-11,15,17,20-21,23-25,29H,2,4-8,12-14,16,28H2,1H3/t17-,20+,21+,23+,24-,25-,26-,27-/m1/s1. The molecule has 6 aliphatic rings. The van der Waals surface area contributed by atoms with Gasteiger partial charge in [0.05, 0.1) is 17.1 Å². The van der Waals surface area contributed by atoms with Gasteiger partial charge in [-0.15, -0.1) is 0 Å². The van der Waals surface area contributed by atoms with Crippen molar-refractivity contribution >= 4 is 0 Å². The highest BCUT2D eigenvalue weighted by Crippen LogP contribution is 2.63. The van der Waals surface area contributed by atoms with E-state index in [9.17, 15) is 5.11 Å². The predicted octanol–water partition coefficient (Wildman–Crippen LogP) is 4.59. The molecule has 3 nitrogen and oxygen atoms in total. The zero-order valence-corrected chi connectivity index (χ0v) is 18.2. The molecule has 7 rings (SSSR count). The van der Waals surface area contributed by atoms with E-state index in [2.05, 4.69) is 24.8 Å². The minimum Gasteiger partial charge on any atom is -0.508 e. The maximum Gasteiger partial charge on any atom is 0.115 e. The molecule has 1 aromatic rings. The summed E-state index contributed by atoms with van der Waals surface area (Å²) in [7, 11) is 0. The molecule has 3 saturated carbocycles. The van der Waals surface area contributed by atoms with E-state index in [0.29, 0.717) is 35.8 Å². The van der Waals surface area contributed by atoms with Crippen LogP contribution in [0.3, 0.4) is 0 Å². The third-order valence-electron chi connectivity index (χ3n) is 9.50. The number of rotatable bonds is 0. The molecule has 0 aromatic heterocycles. The highest BCUT2D eigenvalue weighted by atomic mass is 16.5. The molecule has 8 atom stereocenters. The maximum atomic E-state index is 10.1. The van der Waals surface area contributed by atoms with Crippen molar-refractivity contribution in [3.63, 3.8) is 0 Å². The summed E-state index contributed by atoms with van der Waals surface area (Å²) < 4.78 is 7.24. The van der Waals surface area contributed by atoms with Crippen LogP contribution in [0.5, 0.6) is 5.75 Å². The van der Waals surface area contributed by atoms with E-state index in [1.807, 2.05) is 12.1 Å². The Morgan fingerprint density at radius 3 is 2.93 bits per heavy atom. The summed E-state index contributed by atoms with van der Waals surface area (Å²) in [6.45, 7) is 2.36. The Bertz CT molecular complexity index is 915. The lowest BCUT2D eigenvalue weighted by Crippen LogP contribution is -2.75. The number of benzene rings is 1. The summed E-state index contributed by atoms with van der Waals surface area (Å²) in [5.74, 6) is 10.1. The van der Waals surface area contributed by atoms with Crippen LogP contribution in [0.15, 0.2) is 18.2 Å². The molecule has 6 bridgehead atoms. The molecule has 0 radical (unpaired) electrons. The molecule has 0 unspecified atom stereocenters. The number of phenolic OH excluding ortho intramolecular Hbond substituents is 1. The second kappa shape index (κ2) is 6.75. The van der Waals surface area contributed by atoms with E-state index in [-0.39, 0.29) is 23.2 Å². The maximum absolute atomic E-state index is 10.1. The third kappa shape index (κ3) is 2.73. The molecule has 5 fully saturated rings. The Hall–Kier alpha value is -1.50. The molecular formula is C27H35NO2. The summed E-state index contributed by atoms with van der Waals surface area (Å²) >= 11 is 0. The van der Waals surface area contributed by atoms with Crippen molar-refractivity contribution in [1.29, 1.82) is 0 Å². The lowest BCUT2D eigenvalue weighted by Gasteiger charge is -2.68. The Morgan fingerprint density at radius 1 is 1.17 bits per heavy atom. The Labute approximate surface area is 180 Å². The van der Waals surface area contributed by atoms with Gasteiger partial charge >= 0.3 is 0 Å². The molecule has 160 valence electrons. The number of hydrogen-bond donors (Lipinski definition) is 2. The van der Waals surface area contributed by atoms with Gasteiger partial charge in [0.2, 0.25) is 0 Å². The number of ether oxygens (including phenoxy) is 1. The molecule has 2 saturated heterocycles. The fraction of sp³-hybridized carbons (Fsp3) is 0.704. The highest BCUT2D eigenvalue weighted by molar-refractivity contribution is 5.38. The summed E-state index contributed by atoms with van der Waals surface area (Å²) in [6.07, 6.45) is 11.8. The van der Waals surface area contributed by atoms with Crippen molar-refractivity contribution in [3.8, 4) is 17.6 Å². The predicted molar refractivity (Wildman–Crippen MR) is 118 cm³/mol. The summed E-state index contributed by atoms with van der Waals surface area (Å²) in [6, 6.07) is 6.01. The first-order valence-corrected chi connectivity index (χ1v) is 12.2. The molecule has 30 heavy (non-hydrogen) atoms. The first-order chi connectivity index (χ1) is 14.5. The van der Waals surface area contributed by atoms with Gasteiger partial charge in [-0.05, 0) is 86.5 Å². The Morgan fingerprint density at radius 2 is 2.07 bits per heavy atom. The van der Waals surface area contributed by atoms with Gasteiger partial charge in [-0.25, -0.2) is 0 Å². The minimum absolute atomic E-state index is 0.0549. The van der Waals surface area contributed by atoms with Crippen LogP contribution in [-0.2, 0) is 17.6 Å². The Balaban J connectivity index is 1.46. The Kier molecular flexibility index (Phi) is 4.32. The average molecular weight is 406 g/mol. The van der Waals surface area contributed by atoms with Crippen molar-refractivity contribution in [2.45, 2.75) is 88.4 Å². The van der Waals surface area contributed by atoms with Gasteiger partial charge in [0.1, 0.15) is 5.75 Å². The number of aromatic hydroxyl groups is 1. The van der Waals surface area contributed by atoms with Gasteiger partial charge in [0.25, 0.3) is 0 Å². The molecule has 1 aromatic carbocycles. The molecule has 0 amide bonds. The molecule has 4 aliphatic carbocycles. The zero-order chi connectivity index (χ0) is 20.5. The normalized spacial score (nSPS) is 46.6. The highest BCUT2D eigenvalue weighted by Gasteiger charge is 2.67. The average Bonchev–Trinajstić information content (AvgIpc) is 2.72. The monoisotopic (exact) mass is 405 g/mol. The van der Waals surface area contributed by atoms with Gasteiger partial charge in [0, 0.05) is 18.4 Å². The van der Waals surface area contributed by atoms with Crippen LogP contribution in [0.25, 0.3) is 0 Å².